The van der Waals surface area contributed by atoms with Crippen LogP contribution in [0.2, 0.25) is 0 Å². The van der Waals surface area contributed by atoms with E-state index in [9.17, 15) is 9.50 Å². The minimum atomic E-state index is -0.823. The van der Waals surface area contributed by atoms with Gasteiger partial charge in [-0.15, -0.1) is 0 Å². The molecule has 1 aliphatic heterocycles. The summed E-state index contributed by atoms with van der Waals surface area (Å²) in [6, 6.07) is 16.2. The highest BCUT2D eigenvalue weighted by molar-refractivity contribution is 5.66. The molecular formula is C30H29FN8O3. The molecule has 12 heteroatoms. The summed E-state index contributed by atoms with van der Waals surface area (Å²) in [5.74, 6) is 4.06. The zero-order valence-electron chi connectivity index (χ0n) is 23.1. The number of methoxy groups -OCH3 is 1. The molecule has 0 bridgehead atoms. The number of fused-ring (bicyclic) bond motifs is 2. The number of aromatic nitrogens is 6. The van der Waals surface area contributed by atoms with E-state index in [1.165, 1.54) is 13.5 Å². The third-order valence-corrected chi connectivity index (χ3v) is 6.92. The minimum absolute atomic E-state index is 0.107. The summed E-state index contributed by atoms with van der Waals surface area (Å²) in [4.78, 5) is 20.2. The molecule has 214 valence electrons. The third kappa shape index (κ3) is 5.46. The molecule has 0 aliphatic carbocycles. The fraction of sp³-hybridized carbons (Fsp3) is 0.200. The molecule has 2 aromatic carbocycles. The summed E-state index contributed by atoms with van der Waals surface area (Å²) in [6.07, 6.45) is 8.91. The lowest BCUT2D eigenvalue weighted by Crippen LogP contribution is -2.37. The molecule has 5 heterocycles. The van der Waals surface area contributed by atoms with Gasteiger partial charge in [0.05, 0.1) is 18.5 Å². The summed E-state index contributed by atoms with van der Waals surface area (Å²) >= 11 is 0. The molecule has 2 N–H and O–H groups in total. The van der Waals surface area contributed by atoms with Crippen LogP contribution < -0.4 is 19.7 Å². The molecule has 1 aliphatic rings. The number of benzene rings is 2. The Morgan fingerprint density at radius 2 is 1.52 bits per heavy atom. The van der Waals surface area contributed by atoms with Crippen LogP contribution in [0, 0.1) is 0 Å². The van der Waals surface area contributed by atoms with Crippen molar-refractivity contribution in [3.05, 3.63) is 79.4 Å². The molecule has 0 unspecified atom stereocenters. The number of hydrogen-bond donors (Lipinski definition) is 2. The van der Waals surface area contributed by atoms with Gasteiger partial charge in [0.2, 0.25) is 18.4 Å². The Morgan fingerprint density at radius 3 is 2.17 bits per heavy atom. The van der Waals surface area contributed by atoms with Crippen molar-refractivity contribution in [2.24, 2.45) is 0 Å². The molecule has 4 aromatic heterocycles. The van der Waals surface area contributed by atoms with Crippen molar-refractivity contribution in [3.8, 4) is 39.8 Å². The van der Waals surface area contributed by atoms with Crippen molar-refractivity contribution in [2.45, 2.75) is 6.42 Å². The smallest absolute Gasteiger partial charge is 0.236 e. The molecule has 1 saturated heterocycles. The van der Waals surface area contributed by atoms with Gasteiger partial charge in [-0.2, -0.15) is 9.97 Å². The SMILES string of the molecule is CNc1ccn2cc(-c3ccc(O)c(OC)c3)nc2n1.FCOc1ccc(-c2cn3ccc(N4CCC4)nc3n2)cc1. The largest absolute Gasteiger partial charge is 0.504 e. The quantitative estimate of drug-likeness (QED) is 0.273. The van der Waals surface area contributed by atoms with Gasteiger partial charge >= 0.3 is 0 Å². The predicted molar refractivity (Wildman–Crippen MR) is 158 cm³/mol. The molecule has 0 atom stereocenters. The first kappa shape index (κ1) is 26.8. The zero-order valence-corrected chi connectivity index (χ0v) is 23.1. The van der Waals surface area contributed by atoms with E-state index in [1.54, 1.807) is 30.3 Å². The first-order valence-corrected chi connectivity index (χ1v) is 13.4. The second-order valence-electron chi connectivity index (χ2n) is 9.52. The van der Waals surface area contributed by atoms with Crippen LogP contribution in [-0.4, -0.2) is 68.0 Å². The van der Waals surface area contributed by atoms with Crippen LogP contribution >= 0.6 is 0 Å². The Morgan fingerprint density at radius 1 is 0.857 bits per heavy atom. The third-order valence-electron chi connectivity index (χ3n) is 6.92. The number of halogens is 1. The average Bonchev–Trinajstić information content (AvgIpc) is 3.61. The van der Waals surface area contributed by atoms with E-state index in [2.05, 4.69) is 30.2 Å². The molecule has 7 rings (SSSR count). The normalized spacial score (nSPS) is 12.5. The molecular weight excluding hydrogens is 539 g/mol. The predicted octanol–water partition coefficient (Wildman–Crippen LogP) is 5.06. The number of alkyl halides is 1. The number of nitrogens with zero attached hydrogens (tertiary/aromatic N) is 7. The Hall–Kier alpha value is -5.39. The molecule has 0 spiro atoms. The van der Waals surface area contributed by atoms with E-state index >= 15 is 0 Å². The van der Waals surface area contributed by atoms with Gasteiger partial charge < -0.3 is 24.8 Å². The van der Waals surface area contributed by atoms with Crippen molar-refractivity contribution in [3.63, 3.8) is 0 Å². The number of nitrogens with one attached hydrogen (secondary N) is 1. The van der Waals surface area contributed by atoms with Gasteiger partial charge in [-0.3, -0.25) is 8.80 Å². The van der Waals surface area contributed by atoms with Gasteiger partial charge in [-0.05, 0) is 61.0 Å². The van der Waals surface area contributed by atoms with Gasteiger partial charge in [0.25, 0.3) is 0 Å². The maximum atomic E-state index is 12.1. The van der Waals surface area contributed by atoms with Crippen molar-refractivity contribution < 1.29 is 19.0 Å². The Kier molecular flexibility index (Phi) is 7.41. The number of imidazole rings is 2. The summed E-state index contributed by atoms with van der Waals surface area (Å²) in [5.41, 5.74) is 3.41. The van der Waals surface area contributed by atoms with Gasteiger partial charge in [-0.25, -0.2) is 14.4 Å². The molecule has 1 fully saturated rings. The van der Waals surface area contributed by atoms with E-state index in [4.69, 9.17) is 9.47 Å². The monoisotopic (exact) mass is 568 g/mol. The van der Waals surface area contributed by atoms with Crippen LogP contribution in [0.15, 0.2) is 79.4 Å². The topological polar surface area (TPSA) is 114 Å². The fourth-order valence-electron chi connectivity index (χ4n) is 4.50. The molecule has 0 saturated carbocycles. The van der Waals surface area contributed by atoms with Crippen LogP contribution in [-0.2, 0) is 0 Å². The number of phenols is 1. The van der Waals surface area contributed by atoms with E-state index in [0.717, 1.165) is 47.2 Å². The van der Waals surface area contributed by atoms with Gasteiger partial charge in [0, 0.05) is 56.1 Å². The molecule has 0 amide bonds. The maximum absolute atomic E-state index is 12.1. The summed E-state index contributed by atoms with van der Waals surface area (Å²) in [6.45, 7) is 1.30. The van der Waals surface area contributed by atoms with E-state index in [0.29, 0.717) is 23.1 Å². The minimum Gasteiger partial charge on any atom is -0.504 e. The standard InChI is InChI=1S/C16H15FN4O.C14H14N4O2/c17-11-22-13-4-2-12(3-5-13)14-10-21-9-6-15(19-16(21)18-14)20-7-1-8-20;1-15-13-5-6-18-8-10(16-14(18)17-13)9-3-4-11(19)12(7-9)20-2/h2-6,9-10H,1,7-8,11H2;3-8,19H,1-2H3,(H,15,16,17). The van der Waals surface area contributed by atoms with Crippen LogP contribution in [0.3, 0.4) is 0 Å². The summed E-state index contributed by atoms with van der Waals surface area (Å²) < 4.78 is 25.8. The highest BCUT2D eigenvalue weighted by Crippen LogP contribution is 2.31. The van der Waals surface area contributed by atoms with Gasteiger partial charge in [-0.1, -0.05) is 0 Å². The van der Waals surface area contributed by atoms with Crippen molar-refractivity contribution in [1.29, 1.82) is 0 Å². The van der Waals surface area contributed by atoms with Crippen LogP contribution in [0.5, 0.6) is 17.2 Å². The Balaban J connectivity index is 0.000000151. The Labute approximate surface area is 240 Å². The molecule has 42 heavy (non-hydrogen) atoms. The Bertz CT molecular complexity index is 1830. The van der Waals surface area contributed by atoms with Crippen molar-refractivity contribution in [1.82, 2.24) is 28.7 Å². The lowest BCUT2D eigenvalue weighted by atomic mass is 10.1. The van der Waals surface area contributed by atoms with E-state index < -0.39 is 6.86 Å². The van der Waals surface area contributed by atoms with Crippen molar-refractivity contribution >= 4 is 23.2 Å². The van der Waals surface area contributed by atoms with E-state index in [1.807, 2.05) is 64.9 Å². The lowest BCUT2D eigenvalue weighted by Gasteiger charge is -2.31. The zero-order chi connectivity index (χ0) is 29.1. The summed E-state index contributed by atoms with van der Waals surface area (Å²) in [5, 5.41) is 12.6. The van der Waals surface area contributed by atoms with Crippen LogP contribution in [0.4, 0.5) is 16.0 Å². The van der Waals surface area contributed by atoms with Gasteiger partial charge in [0.1, 0.15) is 17.4 Å². The van der Waals surface area contributed by atoms with Crippen LogP contribution in [0.1, 0.15) is 6.42 Å². The molecule has 0 radical (unpaired) electrons. The summed E-state index contributed by atoms with van der Waals surface area (Å²) in [7, 11) is 3.33. The lowest BCUT2D eigenvalue weighted by molar-refractivity contribution is 0.192. The van der Waals surface area contributed by atoms with Gasteiger partial charge in [0.15, 0.2) is 11.5 Å². The number of hydrogen-bond acceptors (Lipinski definition) is 9. The highest BCUT2D eigenvalue weighted by atomic mass is 19.1. The van der Waals surface area contributed by atoms with Crippen molar-refractivity contribution in [2.75, 3.05) is 44.3 Å². The second-order valence-corrected chi connectivity index (χ2v) is 9.52. The maximum Gasteiger partial charge on any atom is 0.236 e. The first-order valence-electron chi connectivity index (χ1n) is 13.4. The molecule has 11 nitrogen and oxygen atoms in total. The fourth-order valence-corrected chi connectivity index (χ4v) is 4.50. The number of phenolic OH excluding ortho intramolecular Hbond substituents is 1. The number of rotatable bonds is 7. The first-order chi connectivity index (χ1) is 20.5. The second kappa shape index (κ2) is 11.6. The number of ether oxygens (including phenoxy) is 2. The highest BCUT2D eigenvalue weighted by Gasteiger charge is 2.16. The van der Waals surface area contributed by atoms with Crippen LogP contribution in [0.25, 0.3) is 34.1 Å². The number of anilines is 2. The van der Waals surface area contributed by atoms with E-state index in [-0.39, 0.29) is 5.75 Å². The number of aromatic hydroxyl groups is 1. The average molecular weight is 569 g/mol. The molecule has 6 aromatic rings.